The fourth-order valence-electron chi connectivity index (χ4n) is 1.96. The number of hydrogen-bond donors (Lipinski definition) is 1. The Kier molecular flexibility index (Phi) is 5.00. The molecule has 0 radical (unpaired) electrons. The summed E-state index contributed by atoms with van der Waals surface area (Å²) in [4.78, 5) is 28.8. The standard InChI is InChI=1S/C15H12ClN3O2S2/c16-11-3-1-2-4-12(11)18-13(20)9-22-8-10-7-14(21)19-5-6-23-15(19)17-10/h1-7H,8-9H2,(H,18,20). The van der Waals surface area contributed by atoms with Gasteiger partial charge in [0.15, 0.2) is 4.96 Å². The van der Waals surface area contributed by atoms with E-state index in [-0.39, 0.29) is 17.2 Å². The first-order valence-corrected chi connectivity index (χ1v) is 9.12. The Balaban J connectivity index is 1.57. The summed E-state index contributed by atoms with van der Waals surface area (Å²) < 4.78 is 1.50. The number of amides is 1. The second-order valence-electron chi connectivity index (χ2n) is 4.66. The lowest BCUT2D eigenvalue weighted by Crippen LogP contribution is -2.15. The fraction of sp³-hybridized carbons (Fsp3) is 0.133. The van der Waals surface area contributed by atoms with Gasteiger partial charge in [0.2, 0.25) is 5.91 Å². The quantitative estimate of drug-likeness (QED) is 0.753. The molecule has 8 heteroatoms. The van der Waals surface area contributed by atoms with Crippen molar-refractivity contribution in [1.29, 1.82) is 0 Å². The molecule has 1 amide bonds. The third kappa shape index (κ3) is 3.93. The van der Waals surface area contributed by atoms with Crippen LogP contribution in [0.5, 0.6) is 0 Å². The lowest BCUT2D eigenvalue weighted by molar-refractivity contribution is -0.113. The van der Waals surface area contributed by atoms with Gasteiger partial charge in [-0.1, -0.05) is 23.7 Å². The molecule has 0 atom stereocenters. The summed E-state index contributed by atoms with van der Waals surface area (Å²) in [5, 5.41) is 5.08. The molecule has 0 unspecified atom stereocenters. The smallest absolute Gasteiger partial charge is 0.258 e. The van der Waals surface area contributed by atoms with Gasteiger partial charge in [-0.25, -0.2) is 4.98 Å². The van der Waals surface area contributed by atoms with Gasteiger partial charge in [-0.2, -0.15) is 0 Å². The van der Waals surface area contributed by atoms with E-state index in [1.54, 1.807) is 24.4 Å². The molecule has 1 N–H and O–H groups in total. The molecule has 0 bridgehead atoms. The van der Waals surface area contributed by atoms with Crippen LogP contribution in [0.15, 0.2) is 46.7 Å². The number of aromatic nitrogens is 2. The molecule has 1 aromatic carbocycles. The number of hydrogen-bond acceptors (Lipinski definition) is 5. The number of carbonyl (C=O) groups is 1. The molecule has 0 saturated carbocycles. The lowest BCUT2D eigenvalue weighted by atomic mass is 10.3. The van der Waals surface area contributed by atoms with E-state index in [1.807, 2.05) is 11.4 Å². The molecular formula is C15H12ClN3O2S2. The van der Waals surface area contributed by atoms with Crippen molar-refractivity contribution in [1.82, 2.24) is 9.38 Å². The third-order valence-electron chi connectivity index (χ3n) is 2.99. The first kappa shape index (κ1) is 16.0. The SMILES string of the molecule is O=C(CSCc1cc(=O)n2ccsc2n1)Nc1ccccc1Cl. The van der Waals surface area contributed by atoms with E-state index < -0.39 is 0 Å². The van der Waals surface area contributed by atoms with Gasteiger partial charge in [0, 0.05) is 23.4 Å². The molecule has 0 fully saturated rings. The van der Waals surface area contributed by atoms with Crippen LogP contribution in [0.2, 0.25) is 5.02 Å². The molecule has 0 saturated heterocycles. The Morgan fingerprint density at radius 1 is 1.39 bits per heavy atom. The van der Waals surface area contributed by atoms with Crippen LogP contribution in [-0.2, 0) is 10.5 Å². The maximum atomic E-state index is 11.9. The number of rotatable bonds is 5. The number of halogens is 1. The number of thiazole rings is 1. The average molecular weight is 366 g/mol. The van der Waals surface area contributed by atoms with E-state index in [2.05, 4.69) is 10.3 Å². The van der Waals surface area contributed by atoms with E-state index in [1.165, 1.54) is 33.6 Å². The maximum Gasteiger partial charge on any atom is 0.258 e. The molecule has 2 aromatic heterocycles. The first-order valence-electron chi connectivity index (χ1n) is 6.71. The zero-order chi connectivity index (χ0) is 16.2. The summed E-state index contributed by atoms with van der Waals surface area (Å²) in [5.74, 6) is 0.619. The molecule has 23 heavy (non-hydrogen) atoms. The third-order valence-corrected chi connectivity index (χ3v) is 5.04. The number of fused-ring (bicyclic) bond motifs is 1. The summed E-state index contributed by atoms with van der Waals surface area (Å²) in [5.41, 5.74) is 1.16. The van der Waals surface area contributed by atoms with Crippen molar-refractivity contribution in [2.75, 3.05) is 11.1 Å². The van der Waals surface area contributed by atoms with Crippen LogP contribution in [-0.4, -0.2) is 21.0 Å². The van der Waals surface area contributed by atoms with Gasteiger partial charge in [-0.3, -0.25) is 14.0 Å². The minimum absolute atomic E-state index is 0.104. The number of carbonyl (C=O) groups excluding carboxylic acids is 1. The Bertz CT molecular complexity index is 907. The summed E-state index contributed by atoms with van der Waals surface area (Å²) in [6.07, 6.45) is 1.70. The van der Waals surface area contributed by atoms with Gasteiger partial charge in [0.1, 0.15) is 0 Å². The van der Waals surface area contributed by atoms with Gasteiger partial charge in [-0.05, 0) is 12.1 Å². The molecule has 0 aliphatic carbocycles. The number of nitrogens with zero attached hydrogens (tertiary/aromatic N) is 2. The zero-order valence-corrected chi connectivity index (χ0v) is 14.2. The van der Waals surface area contributed by atoms with Gasteiger partial charge in [0.05, 0.1) is 22.2 Å². The van der Waals surface area contributed by atoms with E-state index >= 15 is 0 Å². The summed E-state index contributed by atoms with van der Waals surface area (Å²) in [6, 6.07) is 8.58. The van der Waals surface area contributed by atoms with E-state index in [9.17, 15) is 9.59 Å². The second-order valence-corrected chi connectivity index (χ2v) is 6.93. The Morgan fingerprint density at radius 2 is 2.22 bits per heavy atom. The molecule has 3 rings (SSSR count). The largest absolute Gasteiger partial charge is 0.324 e. The van der Waals surface area contributed by atoms with Crippen molar-refractivity contribution in [3.63, 3.8) is 0 Å². The summed E-state index contributed by atoms with van der Waals surface area (Å²) in [6.45, 7) is 0. The van der Waals surface area contributed by atoms with Crippen LogP contribution in [0, 0.1) is 0 Å². The molecule has 118 valence electrons. The van der Waals surface area contributed by atoms with Crippen LogP contribution in [0.3, 0.4) is 0 Å². The van der Waals surface area contributed by atoms with Crippen molar-refractivity contribution < 1.29 is 4.79 Å². The highest BCUT2D eigenvalue weighted by molar-refractivity contribution is 7.99. The highest BCUT2D eigenvalue weighted by Gasteiger charge is 2.07. The van der Waals surface area contributed by atoms with Crippen molar-refractivity contribution in [2.45, 2.75) is 5.75 Å². The van der Waals surface area contributed by atoms with Crippen LogP contribution < -0.4 is 10.9 Å². The van der Waals surface area contributed by atoms with E-state index in [0.717, 1.165) is 0 Å². The van der Waals surface area contributed by atoms with Gasteiger partial charge in [-0.15, -0.1) is 23.1 Å². The fourth-order valence-corrected chi connectivity index (χ4v) is 3.60. The van der Waals surface area contributed by atoms with Gasteiger partial charge in [0.25, 0.3) is 5.56 Å². The van der Waals surface area contributed by atoms with Gasteiger partial charge < -0.3 is 5.32 Å². The van der Waals surface area contributed by atoms with E-state index in [4.69, 9.17) is 11.6 Å². The van der Waals surface area contributed by atoms with Crippen molar-refractivity contribution >= 4 is 51.3 Å². The number of thioether (sulfide) groups is 1. The predicted molar refractivity (Wildman–Crippen MR) is 95.6 cm³/mol. The molecule has 2 heterocycles. The van der Waals surface area contributed by atoms with Gasteiger partial charge >= 0.3 is 0 Å². The molecule has 3 aromatic rings. The lowest BCUT2D eigenvalue weighted by Gasteiger charge is -2.06. The Labute approximate surface area is 145 Å². The minimum atomic E-state index is -0.142. The molecule has 0 spiro atoms. The Morgan fingerprint density at radius 3 is 3.04 bits per heavy atom. The number of para-hydroxylation sites is 1. The van der Waals surface area contributed by atoms with Crippen LogP contribution in [0.25, 0.3) is 4.96 Å². The Hall–Kier alpha value is -1.83. The van der Waals surface area contributed by atoms with Crippen LogP contribution in [0.4, 0.5) is 5.69 Å². The molecular weight excluding hydrogens is 354 g/mol. The normalized spacial score (nSPS) is 10.8. The minimum Gasteiger partial charge on any atom is -0.324 e. The number of benzene rings is 1. The van der Waals surface area contributed by atoms with Crippen LogP contribution >= 0.6 is 34.7 Å². The van der Waals surface area contributed by atoms with Crippen molar-refractivity contribution in [3.05, 3.63) is 63.0 Å². The monoisotopic (exact) mass is 365 g/mol. The van der Waals surface area contributed by atoms with Crippen LogP contribution in [0.1, 0.15) is 5.69 Å². The maximum absolute atomic E-state index is 11.9. The number of anilines is 1. The zero-order valence-electron chi connectivity index (χ0n) is 11.9. The molecule has 0 aliphatic heterocycles. The second kappa shape index (κ2) is 7.16. The number of nitrogens with one attached hydrogen (secondary N) is 1. The summed E-state index contributed by atoms with van der Waals surface area (Å²) in [7, 11) is 0. The first-order chi connectivity index (χ1) is 11.1. The molecule has 5 nitrogen and oxygen atoms in total. The van der Waals surface area contributed by atoms with E-state index in [0.29, 0.717) is 27.1 Å². The highest BCUT2D eigenvalue weighted by Crippen LogP contribution is 2.21. The topological polar surface area (TPSA) is 63.5 Å². The van der Waals surface area contributed by atoms with Crippen molar-refractivity contribution in [3.8, 4) is 0 Å². The predicted octanol–water partition coefficient (Wildman–Crippen LogP) is 3.28. The average Bonchev–Trinajstić information content (AvgIpc) is 2.99. The molecule has 0 aliphatic rings. The highest BCUT2D eigenvalue weighted by atomic mass is 35.5. The summed E-state index contributed by atoms with van der Waals surface area (Å²) >= 11 is 8.80. The van der Waals surface area contributed by atoms with Crippen molar-refractivity contribution in [2.24, 2.45) is 0 Å².